The smallest absolute Gasteiger partial charge is 0.240 e. The SMILES string of the molecule is C#CCNC(=O)CNC(=O)CN(C1CCN(C(C)c2cc(Cl)ccc2Cl)CC1)S(C)(=O)=O. The highest BCUT2D eigenvalue weighted by atomic mass is 35.5. The number of carbonyl (C=O) groups excluding carboxylic acids is 2. The Bertz CT molecular complexity index is 973. The van der Waals surface area contributed by atoms with Crippen LogP contribution in [0.4, 0.5) is 0 Å². The molecule has 8 nitrogen and oxygen atoms in total. The van der Waals surface area contributed by atoms with Gasteiger partial charge in [0.15, 0.2) is 0 Å². The van der Waals surface area contributed by atoms with E-state index in [9.17, 15) is 18.0 Å². The number of likely N-dealkylation sites (tertiary alicyclic amines) is 1. The number of halogens is 2. The molecule has 1 aliphatic heterocycles. The summed E-state index contributed by atoms with van der Waals surface area (Å²) in [5.41, 5.74) is 0.917. The third-order valence-electron chi connectivity index (χ3n) is 5.42. The molecule has 11 heteroatoms. The van der Waals surface area contributed by atoms with E-state index in [1.807, 2.05) is 13.0 Å². The number of rotatable bonds is 9. The van der Waals surface area contributed by atoms with Crippen LogP contribution >= 0.6 is 23.2 Å². The van der Waals surface area contributed by atoms with Crippen LogP contribution in [0.1, 0.15) is 31.4 Å². The molecule has 0 saturated carbocycles. The third kappa shape index (κ3) is 7.64. The zero-order chi connectivity index (χ0) is 23.9. The molecule has 176 valence electrons. The second-order valence-electron chi connectivity index (χ2n) is 7.67. The maximum absolute atomic E-state index is 12.4. The van der Waals surface area contributed by atoms with Gasteiger partial charge in [0.1, 0.15) is 0 Å². The lowest BCUT2D eigenvalue weighted by atomic mass is 10.00. The quantitative estimate of drug-likeness (QED) is 0.500. The number of piperidine rings is 1. The van der Waals surface area contributed by atoms with Crippen molar-refractivity contribution in [2.24, 2.45) is 0 Å². The molecule has 1 saturated heterocycles. The first-order valence-electron chi connectivity index (χ1n) is 10.2. The average molecular weight is 503 g/mol. The molecule has 0 aliphatic carbocycles. The Morgan fingerprint density at radius 1 is 1.25 bits per heavy atom. The minimum absolute atomic E-state index is 0.0126. The molecular formula is C21H28Cl2N4O4S. The van der Waals surface area contributed by atoms with Crippen LogP contribution in [0.15, 0.2) is 18.2 Å². The van der Waals surface area contributed by atoms with Crippen LogP contribution in [0.2, 0.25) is 10.0 Å². The van der Waals surface area contributed by atoms with Crippen molar-refractivity contribution in [3.8, 4) is 12.3 Å². The van der Waals surface area contributed by atoms with Crippen LogP contribution in [0, 0.1) is 12.3 Å². The molecule has 1 unspecified atom stereocenters. The second kappa shape index (κ2) is 11.9. The Kier molecular flexibility index (Phi) is 9.80. The largest absolute Gasteiger partial charge is 0.346 e. The topological polar surface area (TPSA) is 98.8 Å². The van der Waals surface area contributed by atoms with Crippen LogP contribution in [0.5, 0.6) is 0 Å². The Hall–Kier alpha value is -1.83. The van der Waals surface area contributed by atoms with Gasteiger partial charge in [0, 0.05) is 35.2 Å². The first-order chi connectivity index (χ1) is 15.0. The number of terminal acetylenes is 1. The molecule has 1 aliphatic rings. The van der Waals surface area contributed by atoms with Crippen LogP contribution in [0.25, 0.3) is 0 Å². The van der Waals surface area contributed by atoms with Crippen molar-refractivity contribution in [3.63, 3.8) is 0 Å². The maximum atomic E-state index is 12.4. The summed E-state index contributed by atoms with van der Waals surface area (Å²) in [4.78, 5) is 26.1. The molecule has 2 N–H and O–H groups in total. The molecule has 2 amide bonds. The highest BCUT2D eigenvalue weighted by molar-refractivity contribution is 7.88. The van der Waals surface area contributed by atoms with E-state index in [-0.39, 0.29) is 31.7 Å². The molecule has 0 bridgehead atoms. The van der Waals surface area contributed by atoms with E-state index >= 15 is 0 Å². The first-order valence-corrected chi connectivity index (χ1v) is 12.8. The van der Waals surface area contributed by atoms with Crippen molar-refractivity contribution in [3.05, 3.63) is 33.8 Å². The van der Waals surface area contributed by atoms with E-state index in [1.54, 1.807) is 12.1 Å². The zero-order valence-electron chi connectivity index (χ0n) is 18.1. The maximum Gasteiger partial charge on any atom is 0.240 e. The van der Waals surface area contributed by atoms with Gasteiger partial charge in [-0.15, -0.1) is 6.42 Å². The lowest BCUT2D eigenvalue weighted by Gasteiger charge is -2.39. The molecule has 2 rings (SSSR count). The summed E-state index contributed by atoms with van der Waals surface area (Å²) >= 11 is 12.4. The molecule has 32 heavy (non-hydrogen) atoms. The number of sulfonamides is 1. The predicted molar refractivity (Wildman–Crippen MR) is 126 cm³/mol. The number of benzene rings is 1. The first kappa shape index (κ1) is 26.4. The van der Waals surface area contributed by atoms with Gasteiger partial charge in [0.2, 0.25) is 21.8 Å². The molecule has 1 aromatic rings. The van der Waals surface area contributed by atoms with E-state index in [2.05, 4.69) is 21.5 Å². The molecule has 1 aromatic carbocycles. The molecule has 1 fully saturated rings. The lowest BCUT2D eigenvalue weighted by molar-refractivity contribution is -0.126. The Morgan fingerprint density at radius 3 is 2.50 bits per heavy atom. The van der Waals surface area contributed by atoms with E-state index < -0.39 is 21.8 Å². The van der Waals surface area contributed by atoms with Gasteiger partial charge in [-0.25, -0.2) is 8.42 Å². The van der Waals surface area contributed by atoms with Crippen LogP contribution < -0.4 is 10.6 Å². The van der Waals surface area contributed by atoms with E-state index in [1.165, 1.54) is 4.31 Å². The molecule has 0 aromatic heterocycles. The number of nitrogens with one attached hydrogen (secondary N) is 2. The summed E-state index contributed by atoms with van der Waals surface area (Å²) in [7, 11) is -3.63. The van der Waals surface area contributed by atoms with Crippen molar-refractivity contribution in [1.82, 2.24) is 19.8 Å². The molecule has 0 spiro atoms. The summed E-state index contributed by atoms with van der Waals surface area (Å²) in [6.45, 7) is 2.75. The standard InChI is InChI=1S/C21H28Cl2N4O4S/c1-4-9-24-20(28)13-25-21(29)14-27(32(3,30)31)17-7-10-26(11-8-17)15(2)18-12-16(22)5-6-19(18)23/h1,5-6,12,15,17H,7-11,13-14H2,2-3H3,(H,24,28)(H,25,29). The van der Waals surface area contributed by atoms with Crippen molar-refractivity contribution in [2.45, 2.75) is 31.8 Å². The minimum atomic E-state index is -3.63. The third-order valence-corrected chi connectivity index (χ3v) is 7.28. The molecule has 0 radical (unpaired) electrons. The summed E-state index contributed by atoms with van der Waals surface area (Å²) in [5, 5.41) is 6.09. The highest BCUT2D eigenvalue weighted by Crippen LogP contribution is 2.32. The fourth-order valence-corrected chi connectivity index (χ4v) is 5.26. The summed E-state index contributed by atoms with van der Waals surface area (Å²) < 4.78 is 25.9. The summed E-state index contributed by atoms with van der Waals surface area (Å²) in [5.74, 6) is 1.27. The van der Waals surface area contributed by atoms with Gasteiger partial charge in [0.25, 0.3) is 0 Å². The van der Waals surface area contributed by atoms with Crippen LogP contribution in [-0.4, -0.2) is 74.5 Å². The zero-order valence-corrected chi connectivity index (χ0v) is 20.4. The Labute approximate surface area is 199 Å². The van der Waals surface area contributed by atoms with Gasteiger partial charge in [-0.2, -0.15) is 4.31 Å². The molecule has 1 atom stereocenters. The van der Waals surface area contributed by atoms with Gasteiger partial charge in [-0.05, 0) is 43.5 Å². The number of hydrogen-bond acceptors (Lipinski definition) is 5. The molecular weight excluding hydrogens is 475 g/mol. The Balaban J connectivity index is 1.97. The predicted octanol–water partition coefficient (Wildman–Crippen LogP) is 1.65. The van der Waals surface area contributed by atoms with Crippen molar-refractivity contribution in [2.75, 3.05) is 39.0 Å². The monoisotopic (exact) mass is 502 g/mol. The number of hydrogen-bond donors (Lipinski definition) is 2. The van der Waals surface area contributed by atoms with E-state index in [0.717, 1.165) is 11.8 Å². The Morgan fingerprint density at radius 2 is 1.91 bits per heavy atom. The van der Waals surface area contributed by atoms with Gasteiger partial charge in [-0.1, -0.05) is 29.1 Å². The normalized spacial score (nSPS) is 16.4. The van der Waals surface area contributed by atoms with Gasteiger partial charge < -0.3 is 10.6 Å². The second-order valence-corrected chi connectivity index (χ2v) is 10.5. The van der Waals surface area contributed by atoms with Gasteiger partial charge in [-0.3, -0.25) is 14.5 Å². The number of nitrogens with zero attached hydrogens (tertiary/aromatic N) is 2. The van der Waals surface area contributed by atoms with Crippen LogP contribution in [-0.2, 0) is 19.6 Å². The van der Waals surface area contributed by atoms with Gasteiger partial charge >= 0.3 is 0 Å². The van der Waals surface area contributed by atoms with E-state index in [4.69, 9.17) is 29.6 Å². The lowest BCUT2D eigenvalue weighted by Crippen LogP contribution is -2.51. The van der Waals surface area contributed by atoms with Crippen molar-refractivity contribution in [1.29, 1.82) is 0 Å². The van der Waals surface area contributed by atoms with Gasteiger partial charge in [0.05, 0.1) is 25.9 Å². The van der Waals surface area contributed by atoms with Crippen LogP contribution in [0.3, 0.4) is 0 Å². The fourth-order valence-electron chi connectivity index (χ4n) is 3.70. The highest BCUT2D eigenvalue weighted by Gasteiger charge is 2.33. The van der Waals surface area contributed by atoms with E-state index in [0.29, 0.717) is 36.0 Å². The number of carbonyl (C=O) groups is 2. The minimum Gasteiger partial charge on any atom is -0.346 e. The average Bonchev–Trinajstić information content (AvgIpc) is 2.75. The summed E-state index contributed by atoms with van der Waals surface area (Å²) in [6.07, 6.45) is 7.27. The van der Waals surface area contributed by atoms with Crippen molar-refractivity contribution < 1.29 is 18.0 Å². The summed E-state index contributed by atoms with van der Waals surface area (Å²) in [6, 6.07) is 5.04. The fraction of sp³-hybridized carbons (Fsp3) is 0.524. The molecule has 1 heterocycles. The number of amides is 2. The van der Waals surface area contributed by atoms with Crippen molar-refractivity contribution >= 4 is 45.0 Å².